The predicted octanol–water partition coefficient (Wildman–Crippen LogP) is 2.53. The Kier molecular flexibility index (Phi) is 7.05. The second-order valence-electron chi connectivity index (χ2n) is 3.73. The molecule has 0 rings (SSSR count). The molecule has 1 unspecified atom stereocenters. The van der Waals surface area contributed by atoms with Gasteiger partial charge in [-0.05, 0) is 26.3 Å². The van der Waals surface area contributed by atoms with Gasteiger partial charge in [0, 0.05) is 18.2 Å². The molecule has 0 aromatic carbocycles. The Morgan fingerprint density at radius 2 is 2.00 bits per heavy atom. The molecule has 0 aliphatic carbocycles. The number of nitrogens with zero attached hydrogens (tertiary/aromatic N) is 1. The molecule has 0 aliphatic heterocycles. The monoisotopic (exact) mass is 213 g/mol. The van der Waals surface area contributed by atoms with Gasteiger partial charge in [0.05, 0.1) is 0 Å². The van der Waals surface area contributed by atoms with E-state index in [2.05, 4.69) is 25.7 Å². The van der Waals surface area contributed by atoms with Crippen LogP contribution < -0.4 is 0 Å². The van der Waals surface area contributed by atoms with Crippen molar-refractivity contribution in [3.63, 3.8) is 0 Å². The van der Waals surface area contributed by atoms with E-state index in [0.29, 0.717) is 18.0 Å². The maximum Gasteiger partial charge on any atom is 0.331 e. The van der Waals surface area contributed by atoms with Crippen molar-refractivity contribution < 1.29 is 9.90 Å². The van der Waals surface area contributed by atoms with E-state index in [1.54, 1.807) is 0 Å². The van der Waals surface area contributed by atoms with Crippen LogP contribution in [0.1, 0.15) is 40.5 Å². The van der Waals surface area contributed by atoms with Gasteiger partial charge in [0.2, 0.25) is 0 Å². The van der Waals surface area contributed by atoms with Crippen molar-refractivity contribution in [2.75, 3.05) is 13.1 Å². The first-order chi connectivity index (χ1) is 7.06. The molecule has 0 spiro atoms. The van der Waals surface area contributed by atoms with E-state index in [4.69, 9.17) is 5.11 Å². The molecule has 88 valence electrons. The van der Waals surface area contributed by atoms with Crippen molar-refractivity contribution in [2.45, 2.75) is 46.6 Å². The molecule has 1 N–H and O–H groups in total. The third kappa shape index (κ3) is 4.98. The lowest BCUT2D eigenvalue weighted by atomic mass is 10.1. The van der Waals surface area contributed by atoms with Crippen LogP contribution in [0.5, 0.6) is 0 Å². The number of carboxylic acid groups (broad SMARTS) is 1. The van der Waals surface area contributed by atoms with Crippen LogP contribution >= 0.6 is 0 Å². The fraction of sp³-hybridized carbons (Fsp3) is 0.750. The Balaban J connectivity index is 4.36. The highest BCUT2D eigenvalue weighted by molar-refractivity contribution is 5.86. The van der Waals surface area contributed by atoms with Crippen LogP contribution in [0.25, 0.3) is 0 Å². The highest BCUT2D eigenvalue weighted by Crippen LogP contribution is 2.06. The van der Waals surface area contributed by atoms with Gasteiger partial charge in [-0.1, -0.05) is 26.8 Å². The molecule has 0 aliphatic rings. The highest BCUT2D eigenvalue weighted by Gasteiger charge is 2.10. The third-order valence-electron chi connectivity index (χ3n) is 2.85. The van der Waals surface area contributed by atoms with Crippen LogP contribution in [-0.4, -0.2) is 35.1 Å². The van der Waals surface area contributed by atoms with Crippen LogP contribution in [0.15, 0.2) is 11.6 Å². The average Bonchev–Trinajstić information content (AvgIpc) is 2.23. The van der Waals surface area contributed by atoms with Gasteiger partial charge in [-0.15, -0.1) is 0 Å². The minimum Gasteiger partial charge on any atom is -0.478 e. The van der Waals surface area contributed by atoms with E-state index >= 15 is 0 Å². The second kappa shape index (κ2) is 7.46. The molecular weight excluding hydrogens is 190 g/mol. The molecule has 0 radical (unpaired) electrons. The van der Waals surface area contributed by atoms with Crippen LogP contribution in [0.3, 0.4) is 0 Å². The Labute approximate surface area is 92.8 Å². The number of likely N-dealkylation sites (N-methyl/N-ethyl adjacent to an activating group) is 1. The van der Waals surface area contributed by atoms with Crippen LogP contribution in [-0.2, 0) is 4.79 Å². The van der Waals surface area contributed by atoms with Gasteiger partial charge < -0.3 is 5.11 Å². The number of rotatable bonds is 7. The van der Waals surface area contributed by atoms with Crippen molar-refractivity contribution in [3.8, 4) is 0 Å². The summed E-state index contributed by atoms with van der Waals surface area (Å²) in [5.41, 5.74) is 0.511. The molecule has 3 nitrogen and oxygen atoms in total. The summed E-state index contributed by atoms with van der Waals surface area (Å²) in [5, 5.41) is 8.87. The number of aliphatic carboxylic acids is 1. The molecule has 0 aromatic heterocycles. The minimum absolute atomic E-state index is 0.511. The summed E-state index contributed by atoms with van der Waals surface area (Å²) >= 11 is 0. The Hall–Kier alpha value is -0.830. The van der Waals surface area contributed by atoms with Gasteiger partial charge in [-0.2, -0.15) is 0 Å². The van der Waals surface area contributed by atoms with Gasteiger partial charge in [0.1, 0.15) is 0 Å². The maximum atomic E-state index is 10.8. The lowest BCUT2D eigenvalue weighted by molar-refractivity contribution is -0.132. The number of hydrogen-bond acceptors (Lipinski definition) is 2. The molecule has 0 fully saturated rings. The van der Waals surface area contributed by atoms with Crippen LogP contribution in [0.2, 0.25) is 0 Å². The standard InChI is InChI=1S/C12H23NO2/c1-5-10(4)13(7-3)9-8-11(6-2)12(14)15/h8,10H,5-7,9H2,1-4H3,(H,14,15). The Morgan fingerprint density at radius 1 is 1.40 bits per heavy atom. The normalized spacial score (nSPS) is 14.3. The lowest BCUT2D eigenvalue weighted by Gasteiger charge is -2.25. The van der Waals surface area contributed by atoms with Crippen molar-refractivity contribution in [3.05, 3.63) is 11.6 Å². The summed E-state index contributed by atoms with van der Waals surface area (Å²) in [5.74, 6) is -0.794. The van der Waals surface area contributed by atoms with Crippen LogP contribution in [0, 0.1) is 0 Å². The van der Waals surface area contributed by atoms with E-state index in [0.717, 1.165) is 19.5 Å². The van der Waals surface area contributed by atoms with E-state index in [-0.39, 0.29) is 0 Å². The fourth-order valence-electron chi connectivity index (χ4n) is 1.49. The van der Waals surface area contributed by atoms with Gasteiger partial charge in [-0.3, -0.25) is 4.90 Å². The van der Waals surface area contributed by atoms with Gasteiger partial charge in [0.15, 0.2) is 0 Å². The number of carbonyl (C=O) groups is 1. The SMILES string of the molecule is CCC(=CCN(CC)C(C)CC)C(=O)O. The molecule has 0 saturated carbocycles. The number of carboxylic acids is 1. The summed E-state index contributed by atoms with van der Waals surface area (Å²) in [7, 11) is 0. The lowest BCUT2D eigenvalue weighted by Crippen LogP contribution is -2.32. The second-order valence-corrected chi connectivity index (χ2v) is 3.73. The molecule has 0 amide bonds. The maximum absolute atomic E-state index is 10.8. The fourth-order valence-corrected chi connectivity index (χ4v) is 1.49. The third-order valence-corrected chi connectivity index (χ3v) is 2.85. The summed E-state index contributed by atoms with van der Waals surface area (Å²) in [6.07, 6.45) is 3.52. The van der Waals surface area contributed by atoms with Crippen molar-refractivity contribution >= 4 is 5.97 Å². The zero-order chi connectivity index (χ0) is 11.8. The Bertz CT molecular complexity index is 224. The summed E-state index contributed by atoms with van der Waals surface area (Å²) < 4.78 is 0. The predicted molar refractivity (Wildman–Crippen MR) is 63.0 cm³/mol. The largest absolute Gasteiger partial charge is 0.478 e. The molecular formula is C12H23NO2. The zero-order valence-electron chi connectivity index (χ0n) is 10.3. The minimum atomic E-state index is -0.794. The van der Waals surface area contributed by atoms with Gasteiger partial charge >= 0.3 is 5.97 Å². The highest BCUT2D eigenvalue weighted by atomic mass is 16.4. The zero-order valence-corrected chi connectivity index (χ0v) is 10.3. The van der Waals surface area contributed by atoms with Crippen molar-refractivity contribution in [1.29, 1.82) is 0 Å². The van der Waals surface area contributed by atoms with E-state index in [1.807, 2.05) is 13.0 Å². The first-order valence-electron chi connectivity index (χ1n) is 5.73. The first-order valence-corrected chi connectivity index (χ1v) is 5.73. The molecule has 15 heavy (non-hydrogen) atoms. The molecule has 0 bridgehead atoms. The molecule has 0 heterocycles. The van der Waals surface area contributed by atoms with Crippen molar-refractivity contribution in [2.24, 2.45) is 0 Å². The summed E-state index contributed by atoms with van der Waals surface area (Å²) in [6.45, 7) is 9.99. The topological polar surface area (TPSA) is 40.5 Å². The molecule has 0 saturated heterocycles. The van der Waals surface area contributed by atoms with Crippen molar-refractivity contribution in [1.82, 2.24) is 4.90 Å². The van der Waals surface area contributed by atoms with Crippen LogP contribution in [0.4, 0.5) is 0 Å². The molecule has 1 atom stereocenters. The first kappa shape index (κ1) is 14.2. The van der Waals surface area contributed by atoms with E-state index < -0.39 is 5.97 Å². The summed E-state index contributed by atoms with van der Waals surface area (Å²) in [4.78, 5) is 13.1. The smallest absolute Gasteiger partial charge is 0.331 e. The van der Waals surface area contributed by atoms with Gasteiger partial charge in [-0.25, -0.2) is 4.79 Å². The summed E-state index contributed by atoms with van der Waals surface area (Å²) in [6, 6.07) is 0.512. The quantitative estimate of drug-likeness (QED) is 0.661. The molecule has 3 heteroatoms. The Morgan fingerprint density at radius 3 is 2.33 bits per heavy atom. The molecule has 0 aromatic rings. The van der Waals surface area contributed by atoms with E-state index in [9.17, 15) is 4.79 Å². The van der Waals surface area contributed by atoms with Gasteiger partial charge in [0.25, 0.3) is 0 Å². The van der Waals surface area contributed by atoms with E-state index in [1.165, 1.54) is 0 Å². The average molecular weight is 213 g/mol. The number of hydrogen-bond donors (Lipinski definition) is 1.